The zero-order valence-electron chi connectivity index (χ0n) is 29.8. The van der Waals surface area contributed by atoms with E-state index in [-0.39, 0.29) is 0 Å². The quantitative estimate of drug-likeness (QED) is 0.133. The molecule has 0 unspecified atom stereocenters. The number of aromatic nitrogens is 2. The molecular formula is C52H32N2O. The normalized spacial score (nSPS) is 11.6. The predicted molar refractivity (Wildman–Crippen MR) is 229 cm³/mol. The molecule has 0 fully saturated rings. The van der Waals surface area contributed by atoms with Gasteiger partial charge in [-0.15, -0.1) is 0 Å². The second-order valence-electron chi connectivity index (χ2n) is 14.1. The van der Waals surface area contributed by atoms with E-state index in [9.17, 15) is 0 Å². The molecule has 11 aromatic rings. The molecule has 0 saturated carbocycles. The Kier molecular flexibility index (Phi) is 7.17. The molecule has 2 aromatic heterocycles. The average molecular weight is 701 g/mol. The van der Waals surface area contributed by atoms with Crippen LogP contribution in [-0.2, 0) is 0 Å². The zero-order valence-corrected chi connectivity index (χ0v) is 29.8. The molecule has 0 spiro atoms. The van der Waals surface area contributed by atoms with Crippen molar-refractivity contribution in [3.63, 3.8) is 0 Å². The van der Waals surface area contributed by atoms with E-state index >= 15 is 0 Å². The fraction of sp³-hybridized carbons (Fsp3) is 0. The first-order valence-electron chi connectivity index (χ1n) is 18.7. The van der Waals surface area contributed by atoms with Crippen LogP contribution in [0.15, 0.2) is 199 Å². The van der Waals surface area contributed by atoms with Gasteiger partial charge in [-0.2, -0.15) is 0 Å². The average Bonchev–Trinajstić information content (AvgIpc) is 3.65. The van der Waals surface area contributed by atoms with Crippen LogP contribution in [0.5, 0.6) is 0 Å². The Morgan fingerprint density at radius 1 is 0.327 bits per heavy atom. The lowest BCUT2D eigenvalue weighted by Gasteiger charge is -2.15. The second kappa shape index (κ2) is 12.6. The number of fused-ring (bicyclic) bond motifs is 7. The van der Waals surface area contributed by atoms with E-state index in [2.05, 4.69) is 164 Å². The molecule has 0 N–H and O–H groups in total. The maximum Gasteiger partial charge on any atom is 0.160 e. The standard InChI is InChI=1S/C52H32N2O/c1-2-14-36(15-3-1)52-53-47(32-48(54-52)41-20-9-8-19-40(41)44-22-12-23-45-42-21-10-11-24-49(42)55-51(44)45)34-25-27-35(28-26-34)50-39-18-7-5-16-37(39)31-46-38-17-6-4-13-33(38)29-30-43(46)50/h1-32H. The molecular weight excluding hydrogens is 669 g/mol. The van der Waals surface area contributed by atoms with Gasteiger partial charge in [0.15, 0.2) is 5.82 Å². The van der Waals surface area contributed by atoms with Gasteiger partial charge in [0.25, 0.3) is 0 Å². The van der Waals surface area contributed by atoms with Crippen LogP contribution in [0.3, 0.4) is 0 Å². The minimum atomic E-state index is 0.681. The second-order valence-corrected chi connectivity index (χ2v) is 14.1. The number of nitrogens with zero attached hydrogens (tertiary/aromatic N) is 2. The molecule has 55 heavy (non-hydrogen) atoms. The predicted octanol–water partition coefficient (Wildman–Crippen LogP) is 14.2. The third-order valence-corrected chi connectivity index (χ3v) is 10.9. The largest absolute Gasteiger partial charge is 0.455 e. The highest BCUT2D eigenvalue weighted by Crippen LogP contribution is 2.42. The molecule has 0 radical (unpaired) electrons. The lowest BCUT2D eigenvalue weighted by molar-refractivity contribution is 0.670. The summed E-state index contributed by atoms with van der Waals surface area (Å²) in [7, 11) is 0. The Balaban J connectivity index is 1.08. The Labute approximate surface area is 317 Å². The van der Waals surface area contributed by atoms with E-state index < -0.39 is 0 Å². The fourth-order valence-electron chi connectivity index (χ4n) is 8.29. The Morgan fingerprint density at radius 3 is 1.82 bits per heavy atom. The summed E-state index contributed by atoms with van der Waals surface area (Å²) in [6.45, 7) is 0. The number of benzene rings is 9. The SMILES string of the molecule is c1ccc(-c2nc(-c3ccc(-c4c5ccccc5cc5c4ccc4ccccc45)cc3)cc(-c3ccccc3-c3cccc4c3oc3ccccc34)n2)cc1. The lowest BCUT2D eigenvalue weighted by Crippen LogP contribution is -1.97. The van der Waals surface area contributed by atoms with Crippen molar-refractivity contribution in [3.05, 3.63) is 194 Å². The van der Waals surface area contributed by atoms with Gasteiger partial charge in [-0.3, -0.25) is 0 Å². The highest BCUT2D eigenvalue weighted by atomic mass is 16.3. The highest BCUT2D eigenvalue weighted by molar-refractivity contribution is 6.20. The van der Waals surface area contributed by atoms with Crippen molar-refractivity contribution in [1.29, 1.82) is 0 Å². The molecule has 0 atom stereocenters. The number of rotatable bonds is 5. The molecule has 0 bridgehead atoms. The van der Waals surface area contributed by atoms with Crippen LogP contribution in [0.1, 0.15) is 0 Å². The van der Waals surface area contributed by atoms with Gasteiger partial charge in [-0.05, 0) is 67.2 Å². The lowest BCUT2D eigenvalue weighted by atomic mass is 9.89. The van der Waals surface area contributed by atoms with Crippen molar-refractivity contribution in [1.82, 2.24) is 9.97 Å². The summed E-state index contributed by atoms with van der Waals surface area (Å²) in [5, 5.41) is 9.71. The van der Waals surface area contributed by atoms with Crippen molar-refractivity contribution in [2.24, 2.45) is 0 Å². The number of hydrogen-bond donors (Lipinski definition) is 0. The van der Waals surface area contributed by atoms with E-state index in [1.165, 1.54) is 43.4 Å². The summed E-state index contributed by atoms with van der Waals surface area (Å²) in [5.41, 5.74) is 11.0. The molecule has 3 heteroatoms. The minimum absolute atomic E-state index is 0.681. The van der Waals surface area contributed by atoms with Gasteiger partial charge in [0, 0.05) is 33.0 Å². The van der Waals surface area contributed by atoms with E-state index in [4.69, 9.17) is 14.4 Å². The number of hydrogen-bond acceptors (Lipinski definition) is 3. The van der Waals surface area contributed by atoms with Crippen molar-refractivity contribution >= 4 is 54.3 Å². The topological polar surface area (TPSA) is 38.9 Å². The summed E-state index contributed by atoms with van der Waals surface area (Å²) in [5.74, 6) is 0.681. The Hall–Kier alpha value is -7.36. The minimum Gasteiger partial charge on any atom is -0.455 e. The first kappa shape index (κ1) is 31.2. The first-order valence-corrected chi connectivity index (χ1v) is 18.7. The van der Waals surface area contributed by atoms with Crippen LogP contribution < -0.4 is 0 Å². The van der Waals surface area contributed by atoms with E-state index in [0.29, 0.717) is 5.82 Å². The molecule has 9 aromatic carbocycles. The first-order chi connectivity index (χ1) is 27.3. The maximum absolute atomic E-state index is 6.50. The van der Waals surface area contributed by atoms with Gasteiger partial charge in [0.2, 0.25) is 0 Å². The van der Waals surface area contributed by atoms with Crippen molar-refractivity contribution in [2.45, 2.75) is 0 Å². The van der Waals surface area contributed by atoms with Crippen LogP contribution in [0.2, 0.25) is 0 Å². The fourth-order valence-corrected chi connectivity index (χ4v) is 8.29. The van der Waals surface area contributed by atoms with Crippen LogP contribution in [0, 0.1) is 0 Å². The Bertz CT molecular complexity index is 3250. The molecule has 256 valence electrons. The maximum atomic E-state index is 6.50. The van der Waals surface area contributed by atoms with E-state index in [1.807, 2.05) is 30.3 Å². The molecule has 3 nitrogen and oxygen atoms in total. The van der Waals surface area contributed by atoms with Crippen LogP contribution in [-0.4, -0.2) is 9.97 Å². The van der Waals surface area contributed by atoms with Crippen molar-refractivity contribution in [2.75, 3.05) is 0 Å². The molecule has 0 aliphatic heterocycles. The summed E-state index contributed by atoms with van der Waals surface area (Å²) in [6, 6.07) is 68.6. The molecule has 0 amide bonds. The van der Waals surface area contributed by atoms with Gasteiger partial charge in [-0.1, -0.05) is 176 Å². The summed E-state index contributed by atoms with van der Waals surface area (Å²) in [4.78, 5) is 10.4. The highest BCUT2D eigenvalue weighted by Gasteiger charge is 2.18. The monoisotopic (exact) mass is 700 g/mol. The Morgan fingerprint density at radius 2 is 0.964 bits per heavy atom. The van der Waals surface area contributed by atoms with Gasteiger partial charge < -0.3 is 4.42 Å². The third-order valence-electron chi connectivity index (χ3n) is 10.9. The number of furan rings is 1. The molecule has 2 heterocycles. The van der Waals surface area contributed by atoms with Crippen LogP contribution in [0.25, 0.3) is 110 Å². The number of para-hydroxylation sites is 2. The van der Waals surface area contributed by atoms with Gasteiger partial charge in [-0.25, -0.2) is 9.97 Å². The zero-order chi connectivity index (χ0) is 36.3. The van der Waals surface area contributed by atoms with Gasteiger partial charge in [0.1, 0.15) is 11.2 Å². The molecule has 0 aliphatic rings. The third kappa shape index (κ3) is 5.20. The van der Waals surface area contributed by atoms with Crippen molar-refractivity contribution < 1.29 is 4.42 Å². The summed E-state index contributed by atoms with van der Waals surface area (Å²) < 4.78 is 6.50. The molecule has 0 aliphatic carbocycles. The molecule has 11 rings (SSSR count). The van der Waals surface area contributed by atoms with E-state index in [0.717, 1.165) is 61.1 Å². The van der Waals surface area contributed by atoms with Crippen LogP contribution in [0.4, 0.5) is 0 Å². The van der Waals surface area contributed by atoms with Crippen molar-refractivity contribution in [3.8, 4) is 56.2 Å². The van der Waals surface area contributed by atoms with Crippen LogP contribution >= 0.6 is 0 Å². The summed E-state index contributed by atoms with van der Waals surface area (Å²) >= 11 is 0. The smallest absolute Gasteiger partial charge is 0.160 e. The molecule has 0 saturated heterocycles. The van der Waals surface area contributed by atoms with E-state index in [1.54, 1.807) is 0 Å². The van der Waals surface area contributed by atoms with Gasteiger partial charge >= 0.3 is 0 Å². The van der Waals surface area contributed by atoms with Gasteiger partial charge in [0.05, 0.1) is 11.4 Å². The summed E-state index contributed by atoms with van der Waals surface area (Å²) in [6.07, 6.45) is 0.